The van der Waals surface area contributed by atoms with Gasteiger partial charge >= 0.3 is 10.2 Å². The van der Waals surface area contributed by atoms with Gasteiger partial charge in [0.25, 0.3) is 11.5 Å². The zero-order valence-electron chi connectivity index (χ0n) is 39.4. The molecule has 2 N–H and O–H groups in total. The van der Waals surface area contributed by atoms with Gasteiger partial charge in [-0.25, -0.2) is 13.8 Å². The van der Waals surface area contributed by atoms with Gasteiger partial charge in [-0.15, -0.1) is 0 Å². The smallest absolute Gasteiger partial charge is 0.301 e. The Labute approximate surface area is 414 Å². The standard InChI is InChI=1S/C51H53F2N11O7S/c52-34-13-18-62(30-34)72(69,70)57-45-10-8-43(53)48(42(45)25-54)71-39-6-9-44-41(24-39)51(68)64(31-55-44)37-3-1-35(2-4-37)61-27-32(28-61)26-58-19-21-60(22-20-58)36-14-16-59(17-15-36)38-5-7-40-33(23-38)29-63(50(40)67)46-11-12-47(65)56-49(46)66/h1-10,23-24,31-32,34,36,46,57H,11-22,26-30H2,(H,56,65,66)/t34-,46-/m1/s1. The SMILES string of the molecule is N#Cc1c(NS(=O)(=O)N2CC[C@@H](F)C2)ccc(F)c1Oc1ccc2ncn(-c3ccc(N4CC(CN5CCN(C6CCN(c7ccc8c(c7)CN([C@@H]7CCC(=O)NC7=O)C8=O)CC6)CC5)C4)cc3)c(=O)c2c1. The van der Waals surface area contributed by atoms with Crippen molar-refractivity contribution in [1.82, 2.24) is 33.9 Å². The van der Waals surface area contributed by atoms with Gasteiger partial charge in [-0.2, -0.15) is 18.0 Å². The molecule has 0 bridgehead atoms. The number of alkyl halides is 1. The number of benzene rings is 4. The maximum atomic E-state index is 15.2. The van der Waals surface area contributed by atoms with E-state index in [2.05, 4.69) is 40.7 Å². The third-order valence-corrected chi connectivity index (χ3v) is 16.6. The molecule has 5 aromatic rings. The maximum absolute atomic E-state index is 15.2. The quantitative estimate of drug-likeness (QED) is 0.168. The number of amides is 3. The number of imide groups is 1. The number of halogens is 2. The van der Waals surface area contributed by atoms with Crippen molar-refractivity contribution in [2.75, 3.05) is 86.5 Å². The summed E-state index contributed by atoms with van der Waals surface area (Å²) >= 11 is 0. The fourth-order valence-corrected chi connectivity index (χ4v) is 12.4. The summed E-state index contributed by atoms with van der Waals surface area (Å²) in [5.41, 5.74) is 3.63. The van der Waals surface area contributed by atoms with E-state index in [0.29, 0.717) is 41.7 Å². The molecule has 4 aromatic carbocycles. The molecule has 72 heavy (non-hydrogen) atoms. The molecule has 3 amide bonds. The summed E-state index contributed by atoms with van der Waals surface area (Å²) in [5.74, 6) is -1.74. The summed E-state index contributed by atoms with van der Waals surface area (Å²) in [4.78, 5) is 67.2. The van der Waals surface area contributed by atoms with Gasteiger partial charge in [-0.3, -0.25) is 38.7 Å². The summed E-state index contributed by atoms with van der Waals surface area (Å²) < 4.78 is 65.2. The number of nitrogens with one attached hydrogen (secondary N) is 2. The van der Waals surface area contributed by atoms with Crippen molar-refractivity contribution in [3.8, 4) is 23.3 Å². The molecule has 0 unspecified atom stereocenters. The number of rotatable bonds is 12. The molecular formula is C51H53F2N11O7S. The Hall–Kier alpha value is -6.99. The van der Waals surface area contributed by atoms with E-state index in [4.69, 9.17) is 4.74 Å². The van der Waals surface area contributed by atoms with Crippen LogP contribution in [0.1, 0.15) is 53.6 Å². The lowest BCUT2D eigenvalue weighted by molar-refractivity contribution is -0.136. The molecule has 11 rings (SSSR count). The zero-order chi connectivity index (χ0) is 49.8. The first-order valence-corrected chi connectivity index (χ1v) is 25.9. The highest BCUT2D eigenvalue weighted by Gasteiger charge is 2.40. The van der Waals surface area contributed by atoms with Gasteiger partial charge in [0.05, 0.1) is 22.3 Å². The first-order chi connectivity index (χ1) is 34.8. The number of fused-ring (bicyclic) bond motifs is 2. The molecule has 7 heterocycles. The van der Waals surface area contributed by atoms with E-state index < -0.39 is 51.0 Å². The fraction of sp³-hybridized carbons (Fsp3) is 0.412. The number of nitriles is 1. The fourth-order valence-electron chi connectivity index (χ4n) is 11.1. The predicted molar refractivity (Wildman–Crippen MR) is 264 cm³/mol. The van der Waals surface area contributed by atoms with E-state index in [1.807, 2.05) is 42.5 Å². The second-order valence-electron chi connectivity index (χ2n) is 19.5. The van der Waals surface area contributed by atoms with Gasteiger partial charge in [0, 0.05) is 114 Å². The number of carbonyl (C=O) groups excluding carboxylic acids is 3. The van der Waals surface area contributed by atoms with Crippen LogP contribution in [0.4, 0.5) is 25.8 Å². The van der Waals surface area contributed by atoms with Crippen LogP contribution in [0.15, 0.2) is 83.9 Å². The Morgan fingerprint density at radius 3 is 2.29 bits per heavy atom. The molecule has 0 aliphatic carbocycles. The van der Waals surface area contributed by atoms with Crippen LogP contribution in [-0.4, -0.2) is 145 Å². The monoisotopic (exact) mass is 1000 g/mol. The van der Waals surface area contributed by atoms with Crippen LogP contribution in [0, 0.1) is 23.1 Å². The molecule has 18 nitrogen and oxygen atoms in total. The highest BCUT2D eigenvalue weighted by molar-refractivity contribution is 7.90. The van der Waals surface area contributed by atoms with Gasteiger partial charge in [0.2, 0.25) is 11.8 Å². The Bertz CT molecular complexity index is 3190. The molecule has 21 heteroatoms. The summed E-state index contributed by atoms with van der Waals surface area (Å²) in [6.07, 6.45) is 2.91. The van der Waals surface area contributed by atoms with Crippen molar-refractivity contribution < 1.29 is 36.3 Å². The molecule has 0 spiro atoms. The number of carbonyl (C=O) groups is 3. The largest absolute Gasteiger partial charge is 0.453 e. The average molecular weight is 1000 g/mol. The van der Waals surface area contributed by atoms with Gasteiger partial charge < -0.3 is 24.3 Å². The van der Waals surface area contributed by atoms with Crippen molar-refractivity contribution in [1.29, 1.82) is 5.26 Å². The minimum absolute atomic E-state index is 0.0221. The molecule has 0 radical (unpaired) electrons. The number of piperidine rings is 2. The number of anilines is 3. The van der Waals surface area contributed by atoms with Crippen molar-refractivity contribution in [2.45, 2.75) is 56.9 Å². The summed E-state index contributed by atoms with van der Waals surface area (Å²) in [5, 5.41) is 12.5. The van der Waals surface area contributed by atoms with Crippen LogP contribution in [0.2, 0.25) is 0 Å². The Balaban J connectivity index is 0.651. The van der Waals surface area contributed by atoms with Gasteiger partial charge in [-0.05, 0) is 104 Å². The van der Waals surface area contributed by atoms with E-state index in [1.54, 1.807) is 4.90 Å². The summed E-state index contributed by atoms with van der Waals surface area (Å²) in [6, 6.07) is 21.9. The molecule has 6 aliphatic rings. The molecule has 6 aliphatic heterocycles. The molecule has 2 atom stereocenters. The minimum atomic E-state index is -4.24. The van der Waals surface area contributed by atoms with Crippen LogP contribution in [0.25, 0.3) is 16.6 Å². The number of hydrogen-bond donors (Lipinski definition) is 2. The topological polar surface area (TPSA) is 197 Å². The Morgan fingerprint density at radius 2 is 1.57 bits per heavy atom. The third-order valence-electron chi connectivity index (χ3n) is 15.1. The maximum Gasteiger partial charge on any atom is 0.301 e. The van der Waals surface area contributed by atoms with Crippen LogP contribution in [0.5, 0.6) is 11.5 Å². The average Bonchev–Trinajstić information content (AvgIpc) is 3.97. The molecular weight excluding hydrogens is 949 g/mol. The van der Waals surface area contributed by atoms with Crippen LogP contribution < -0.4 is 30.1 Å². The van der Waals surface area contributed by atoms with Gasteiger partial charge in [0.1, 0.15) is 35.9 Å². The number of hydrogen-bond acceptors (Lipinski definition) is 13. The minimum Gasteiger partial charge on any atom is -0.453 e. The highest BCUT2D eigenvalue weighted by Crippen LogP contribution is 2.36. The van der Waals surface area contributed by atoms with Gasteiger partial charge in [-0.1, -0.05) is 0 Å². The number of aromatic nitrogens is 2. The van der Waals surface area contributed by atoms with Crippen LogP contribution >= 0.6 is 0 Å². The lowest BCUT2D eigenvalue weighted by Gasteiger charge is -2.46. The van der Waals surface area contributed by atoms with E-state index in [1.165, 1.54) is 29.1 Å². The third kappa shape index (κ3) is 9.23. The van der Waals surface area contributed by atoms with Crippen molar-refractivity contribution in [3.63, 3.8) is 0 Å². The molecule has 5 fully saturated rings. The van der Waals surface area contributed by atoms with E-state index in [9.17, 15) is 37.2 Å². The number of nitrogens with zero attached hydrogens (tertiary/aromatic N) is 9. The molecule has 374 valence electrons. The molecule has 0 saturated carbocycles. The predicted octanol–water partition coefficient (Wildman–Crippen LogP) is 4.37. The normalized spacial score (nSPS) is 21.7. The molecule has 1 aromatic heterocycles. The van der Waals surface area contributed by atoms with Crippen molar-refractivity contribution in [2.24, 2.45) is 5.92 Å². The zero-order valence-corrected chi connectivity index (χ0v) is 40.2. The number of piperazine rings is 1. The molecule has 5 saturated heterocycles. The van der Waals surface area contributed by atoms with Crippen molar-refractivity contribution in [3.05, 3.63) is 112 Å². The first-order valence-electron chi connectivity index (χ1n) is 24.5. The van der Waals surface area contributed by atoms with Gasteiger partial charge in [0.15, 0.2) is 11.6 Å². The summed E-state index contributed by atoms with van der Waals surface area (Å²) in [7, 11) is -4.24. The summed E-state index contributed by atoms with van der Waals surface area (Å²) in [6.45, 7) is 8.96. The Kier molecular flexibility index (Phi) is 12.6. The van der Waals surface area contributed by atoms with E-state index in [-0.39, 0.29) is 54.6 Å². The second-order valence-corrected chi connectivity index (χ2v) is 21.2. The number of ether oxygens (including phenoxy) is 1. The van der Waals surface area contributed by atoms with E-state index in [0.717, 1.165) is 105 Å². The highest BCUT2D eigenvalue weighted by atomic mass is 32.2. The Morgan fingerprint density at radius 1 is 0.819 bits per heavy atom. The van der Waals surface area contributed by atoms with Crippen LogP contribution in [-0.2, 0) is 26.3 Å². The van der Waals surface area contributed by atoms with Crippen LogP contribution in [0.3, 0.4) is 0 Å². The lowest BCUT2D eigenvalue weighted by atomic mass is 9.97. The van der Waals surface area contributed by atoms with Crippen molar-refractivity contribution >= 4 is 55.9 Å². The first kappa shape index (κ1) is 47.3. The second kappa shape index (κ2) is 19.2. The lowest BCUT2D eigenvalue weighted by Crippen LogP contribution is -2.57. The van der Waals surface area contributed by atoms with E-state index >= 15 is 4.39 Å².